The minimum absolute atomic E-state index is 0.122. The predicted molar refractivity (Wildman–Crippen MR) is 95.3 cm³/mol. The van der Waals surface area contributed by atoms with Crippen molar-refractivity contribution < 1.29 is 9.59 Å². The standard InChI is InChI=1S/C18H22N4O3/c1-4-11(2)17(24)22-15-8-6-5-7-14(15)18(25)19-10-13-9-16(23)21-12(3)20-13/h5-9,11H,4,10H2,1-3H3,(H,19,25)(H,22,24)(H,20,21,23). The zero-order valence-corrected chi connectivity index (χ0v) is 14.6. The zero-order chi connectivity index (χ0) is 18.4. The Labute approximate surface area is 145 Å². The van der Waals surface area contributed by atoms with Crippen LogP contribution in [0.5, 0.6) is 0 Å². The topological polar surface area (TPSA) is 104 Å². The summed E-state index contributed by atoms with van der Waals surface area (Å²) in [6.45, 7) is 5.56. The lowest BCUT2D eigenvalue weighted by atomic mass is 10.1. The summed E-state index contributed by atoms with van der Waals surface area (Å²) in [5.41, 5.74) is 1.02. The van der Waals surface area contributed by atoms with Gasteiger partial charge in [0.15, 0.2) is 0 Å². The van der Waals surface area contributed by atoms with Gasteiger partial charge in [-0.3, -0.25) is 14.4 Å². The molecule has 0 radical (unpaired) electrons. The van der Waals surface area contributed by atoms with Crippen LogP contribution in [0.4, 0.5) is 5.69 Å². The summed E-state index contributed by atoms with van der Waals surface area (Å²) in [4.78, 5) is 42.7. The number of carbonyl (C=O) groups excluding carboxylic acids is 2. The number of nitrogens with one attached hydrogen (secondary N) is 3. The summed E-state index contributed by atoms with van der Waals surface area (Å²) in [5.74, 6) is -0.133. The number of aromatic amines is 1. The van der Waals surface area contributed by atoms with E-state index in [0.29, 0.717) is 29.2 Å². The van der Waals surface area contributed by atoms with Gasteiger partial charge in [0.1, 0.15) is 5.82 Å². The maximum atomic E-state index is 12.5. The molecule has 132 valence electrons. The Hall–Kier alpha value is -2.96. The predicted octanol–water partition coefficient (Wildman–Crippen LogP) is 1.99. The minimum atomic E-state index is -0.347. The Balaban J connectivity index is 2.11. The van der Waals surface area contributed by atoms with Gasteiger partial charge in [-0.25, -0.2) is 4.98 Å². The number of anilines is 1. The third-order valence-electron chi connectivity index (χ3n) is 3.83. The fourth-order valence-corrected chi connectivity index (χ4v) is 2.23. The van der Waals surface area contributed by atoms with Crippen LogP contribution in [0.3, 0.4) is 0 Å². The van der Waals surface area contributed by atoms with Crippen LogP contribution >= 0.6 is 0 Å². The Morgan fingerprint density at radius 1 is 1.28 bits per heavy atom. The molecule has 0 bridgehead atoms. The summed E-state index contributed by atoms with van der Waals surface area (Å²) < 4.78 is 0. The van der Waals surface area contributed by atoms with Crippen LogP contribution in [0.15, 0.2) is 35.1 Å². The molecule has 3 N–H and O–H groups in total. The van der Waals surface area contributed by atoms with Crippen LogP contribution in [0, 0.1) is 12.8 Å². The van der Waals surface area contributed by atoms with Crippen molar-refractivity contribution >= 4 is 17.5 Å². The summed E-state index contributed by atoms with van der Waals surface area (Å²) in [7, 11) is 0. The molecule has 0 aliphatic heterocycles. The van der Waals surface area contributed by atoms with Gasteiger partial charge in [-0.05, 0) is 25.5 Å². The van der Waals surface area contributed by atoms with E-state index in [9.17, 15) is 14.4 Å². The highest BCUT2D eigenvalue weighted by Gasteiger charge is 2.16. The molecule has 1 atom stereocenters. The van der Waals surface area contributed by atoms with Gasteiger partial charge in [0.25, 0.3) is 11.5 Å². The van der Waals surface area contributed by atoms with E-state index in [4.69, 9.17) is 0 Å². The average Bonchev–Trinajstić information content (AvgIpc) is 2.58. The highest BCUT2D eigenvalue weighted by molar-refractivity contribution is 6.04. The molecule has 1 heterocycles. The normalized spacial score (nSPS) is 11.6. The number of carbonyl (C=O) groups is 2. The van der Waals surface area contributed by atoms with Crippen LogP contribution in [0.2, 0.25) is 0 Å². The van der Waals surface area contributed by atoms with Gasteiger partial charge in [0, 0.05) is 12.0 Å². The van der Waals surface area contributed by atoms with Crippen molar-refractivity contribution in [3.8, 4) is 0 Å². The second kappa shape index (κ2) is 8.23. The molecule has 0 fully saturated rings. The Morgan fingerprint density at radius 2 is 2.00 bits per heavy atom. The molecule has 0 aliphatic carbocycles. The fourth-order valence-electron chi connectivity index (χ4n) is 2.23. The van der Waals surface area contributed by atoms with Gasteiger partial charge in [0.2, 0.25) is 5.91 Å². The fraction of sp³-hybridized carbons (Fsp3) is 0.333. The maximum Gasteiger partial charge on any atom is 0.253 e. The summed E-state index contributed by atoms with van der Waals surface area (Å²) in [5, 5.41) is 5.51. The quantitative estimate of drug-likeness (QED) is 0.747. The molecule has 0 spiro atoms. The largest absolute Gasteiger partial charge is 0.346 e. The lowest BCUT2D eigenvalue weighted by Crippen LogP contribution is -2.27. The van der Waals surface area contributed by atoms with Crippen LogP contribution < -0.4 is 16.2 Å². The first kappa shape index (κ1) is 18.4. The molecule has 7 heteroatoms. The molecule has 2 rings (SSSR count). The minimum Gasteiger partial charge on any atom is -0.346 e. The van der Waals surface area contributed by atoms with Gasteiger partial charge < -0.3 is 15.6 Å². The molecular formula is C18H22N4O3. The summed E-state index contributed by atoms with van der Waals surface area (Å²) in [6.07, 6.45) is 0.716. The molecule has 1 aromatic heterocycles. The monoisotopic (exact) mass is 342 g/mol. The van der Waals surface area contributed by atoms with Crippen LogP contribution in [-0.4, -0.2) is 21.8 Å². The van der Waals surface area contributed by atoms with E-state index < -0.39 is 0 Å². The Morgan fingerprint density at radius 3 is 2.68 bits per heavy atom. The average molecular weight is 342 g/mol. The SMILES string of the molecule is CCC(C)C(=O)Nc1ccccc1C(=O)NCc1cc(=O)[nH]c(C)n1. The molecule has 2 aromatic rings. The number of hydrogen-bond acceptors (Lipinski definition) is 4. The first-order valence-corrected chi connectivity index (χ1v) is 8.15. The van der Waals surface area contributed by atoms with E-state index in [2.05, 4.69) is 20.6 Å². The molecule has 2 amide bonds. The number of para-hydroxylation sites is 1. The molecular weight excluding hydrogens is 320 g/mol. The summed E-state index contributed by atoms with van der Waals surface area (Å²) >= 11 is 0. The van der Waals surface area contributed by atoms with E-state index in [1.165, 1.54) is 6.07 Å². The van der Waals surface area contributed by atoms with E-state index >= 15 is 0 Å². The van der Waals surface area contributed by atoms with Gasteiger partial charge >= 0.3 is 0 Å². The van der Waals surface area contributed by atoms with Crippen molar-refractivity contribution in [2.24, 2.45) is 5.92 Å². The van der Waals surface area contributed by atoms with E-state index in [-0.39, 0.29) is 29.8 Å². The van der Waals surface area contributed by atoms with E-state index in [0.717, 1.165) is 0 Å². The molecule has 0 saturated carbocycles. The van der Waals surface area contributed by atoms with Crippen molar-refractivity contribution in [3.05, 3.63) is 57.8 Å². The Bertz CT molecular complexity index is 829. The molecule has 0 aliphatic rings. The van der Waals surface area contributed by atoms with E-state index in [1.54, 1.807) is 31.2 Å². The number of benzene rings is 1. The summed E-state index contributed by atoms with van der Waals surface area (Å²) in [6, 6.07) is 8.14. The van der Waals surface area contributed by atoms with E-state index in [1.807, 2.05) is 13.8 Å². The van der Waals surface area contributed by atoms with Crippen molar-refractivity contribution in [1.82, 2.24) is 15.3 Å². The van der Waals surface area contributed by atoms with Crippen molar-refractivity contribution in [3.63, 3.8) is 0 Å². The zero-order valence-electron chi connectivity index (χ0n) is 14.6. The van der Waals surface area contributed by atoms with Crippen LogP contribution in [0.1, 0.15) is 42.1 Å². The highest BCUT2D eigenvalue weighted by atomic mass is 16.2. The van der Waals surface area contributed by atoms with Crippen LogP contribution in [-0.2, 0) is 11.3 Å². The lowest BCUT2D eigenvalue weighted by Gasteiger charge is -2.13. The Kier molecular flexibility index (Phi) is 6.05. The van der Waals surface area contributed by atoms with Gasteiger partial charge in [-0.2, -0.15) is 0 Å². The van der Waals surface area contributed by atoms with Gasteiger partial charge in [0.05, 0.1) is 23.5 Å². The first-order valence-electron chi connectivity index (χ1n) is 8.15. The smallest absolute Gasteiger partial charge is 0.253 e. The number of H-pyrrole nitrogens is 1. The van der Waals surface area contributed by atoms with Crippen molar-refractivity contribution in [1.29, 1.82) is 0 Å². The lowest BCUT2D eigenvalue weighted by molar-refractivity contribution is -0.119. The first-order chi connectivity index (χ1) is 11.9. The molecule has 25 heavy (non-hydrogen) atoms. The van der Waals surface area contributed by atoms with Gasteiger partial charge in [-0.1, -0.05) is 26.0 Å². The number of aromatic nitrogens is 2. The molecule has 1 unspecified atom stereocenters. The highest BCUT2D eigenvalue weighted by Crippen LogP contribution is 2.17. The number of aryl methyl sites for hydroxylation is 1. The molecule has 1 aromatic carbocycles. The van der Waals surface area contributed by atoms with Crippen molar-refractivity contribution in [2.45, 2.75) is 33.7 Å². The van der Waals surface area contributed by atoms with Crippen LogP contribution in [0.25, 0.3) is 0 Å². The third-order valence-corrected chi connectivity index (χ3v) is 3.83. The molecule has 7 nitrogen and oxygen atoms in total. The second-order valence-electron chi connectivity index (χ2n) is 5.85. The third kappa shape index (κ3) is 5.00. The number of hydrogen-bond donors (Lipinski definition) is 3. The van der Waals surface area contributed by atoms with Crippen molar-refractivity contribution in [2.75, 3.05) is 5.32 Å². The second-order valence-corrected chi connectivity index (χ2v) is 5.85. The number of amides is 2. The molecule has 0 saturated heterocycles. The number of rotatable bonds is 6. The van der Waals surface area contributed by atoms with Gasteiger partial charge in [-0.15, -0.1) is 0 Å². The number of nitrogens with zero attached hydrogens (tertiary/aromatic N) is 1. The maximum absolute atomic E-state index is 12.5.